The Bertz CT molecular complexity index is 411. The number of thioether (sulfide) groups is 1. The van der Waals surface area contributed by atoms with E-state index in [2.05, 4.69) is 5.32 Å². The van der Waals surface area contributed by atoms with Gasteiger partial charge >= 0.3 is 0 Å². The van der Waals surface area contributed by atoms with E-state index in [1.165, 1.54) is 11.8 Å². The molecule has 18 heavy (non-hydrogen) atoms. The molecule has 0 heterocycles. The van der Waals surface area contributed by atoms with Crippen molar-refractivity contribution >= 4 is 40.9 Å². The van der Waals surface area contributed by atoms with E-state index < -0.39 is 0 Å². The minimum absolute atomic E-state index is 0.0508. The average Bonchev–Trinajstić information content (AvgIpc) is 2.37. The molecule has 3 nitrogen and oxygen atoms in total. The normalized spacial score (nSPS) is 12.2. The monoisotopic (exact) mass is 307 g/mol. The van der Waals surface area contributed by atoms with Crippen LogP contribution in [0.5, 0.6) is 0 Å². The van der Waals surface area contributed by atoms with E-state index in [1.807, 2.05) is 6.92 Å². The van der Waals surface area contributed by atoms with Crippen LogP contribution in [0.1, 0.15) is 13.3 Å². The molecule has 0 bridgehead atoms. The van der Waals surface area contributed by atoms with Gasteiger partial charge in [-0.1, -0.05) is 30.1 Å². The SMILES string of the molecule is CC[C@H](CO)NC(=O)CSc1cc(Cl)ccc1Cl. The second kappa shape index (κ2) is 7.89. The Morgan fingerprint density at radius 3 is 2.83 bits per heavy atom. The Morgan fingerprint density at radius 1 is 1.50 bits per heavy atom. The molecule has 0 spiro atoms. The zero-order valence-corrected chi connectivity index (χ0v) is 12.3. The minimum atomic E-state index is -0.187. The Balaban J connectivity index is 2.49. The molecule has 0 radical (unpaired) electrons. The first-order valence-corrected chi connectivity index (χ1v) is 7.29. The fourth-order valence-electron chi connectivity index (χ4n) is 1.28. The summed E-state index contributed by atoms with van der Waals surface area (Å²) < 4.78 is 0. The first-order chi connectivity index (χ1) is 8.56. The van der Waals surface area contributed by atoms with Crippen molar-refractivity contribution in [1.29, 1.82) is 0 Å². The van der Waals surface area contributed by atoms with Crippen LogP contribution in [-0.4, -0.2) is 29.4 Å². The molecule has 1 amide bonds. The Morgan fingerprint density at radius 2 is 2.22 bits per heavy atom. The zero-order valence-electron chi connectivity index (χ0n) is 9.95. The van der Waals surface area contributed by atoms with E-state index in [4.69, 9.17) is 28.3 Å². The third kappa shape index (κ3) is 5.06. The lowest BCUT2D eigenvalue weighted by atomic mass is 10.2. The number of aliphatic hydroxyl groups excluding tert-OH is 1. The Hall–Kier alpha value is -0.420. The summed E-state index contributed by atoms with van der Waals surface area (Å²) in [6.45, 7) is 1.85. The van der Waals surface area contributed by atoms with Crippen LogP contribution >= 0.6 is 35.0 Å². The van der Waals surface area contributed by atoms with Crippen molar-refractivity contribution in [2.24, 2.45) is 0 Å². The van der Waals surface area contributed by atoms with E-state index in [0.717, 1.165) is 4.90 Å². The van der Waals surface area contributed by atoms with Crippen LogP contribution in [0.2, 0.25) is 10.0 Å². The highest BCUT2D eigenvalue weighted by Crippen LogP contribution is 2.29. The number of hydrogen-bond donors (Lipinski definition) is 2. The second-order valence-electron chi connectivity index (χ2n) is 3.72. The molecule has 0 aromatic heterocycles. The van der Waals surface area contributed by atoms with Crippen molar-refractivity contribution in [1.82, 2.24) is 5.32 Å². The topological polar surface area (TPSA) is 49.3 Å². The maximum atomic E-state index is 11.6. The largest absolute Gasteiger partial charge is 0.394 e. The van der Waals surface area contributed by atoms with E-state index in [0.29, 0.717) is 16.5 Å². The smallest absolute Gasteiger partial charge is 0.230 e. The van der Waals surface area contributed by atoms with Crippen LogP contribution in [0.4, 0.5) is 0 Å². The highest BCUT2D eigenvalue weighted by atomic mass is 35.5. The predicted octanol–water partition coefficient (Wildman–Crippen LogP) is 2.97. The van der Waals surface area contributed by atoms with Crippen molar-refractivity contribution in [2.75, 3.05) is 12.4 Å². The third-order valence-corrected chi connectivity index (χ3v) is 4.06. The molecule has 0 saturated heterocycles. The summed E-state index contributed by atoms with van der Waals surface area (Å²) in [6, 6.07) is 4.94. The fourth-order valence-corrected chi connectivity index (χ4v) is 2.58. The molecule has 1 aromatic carbocycles. The molecular weight excluding hydrogens is 293 g/mol. The maximum absolute atomic E-state index is 11.6. The van der Waals surface area contributed by atoms with Crippen molar-refractivity contribution in [2.45, 2.75) is 24.3 Å². The van der Waals surface area contributed by atoms with E-state index in [1.54, 1.807) is 18.2 Å². The van der Waals surface area contributed by atoms with Gasteiger partial charge in [-0.3, -0.25) is 4.79 Å². The number of carbonyl (C=O) groups is 1. The molecule has 0 aliphatic carbocycles. The van der Waals surface area contributed by atoms with Gasteiger partial charge in [0.2, 0.25) is 5.91 Å². The molecule has 100 valence electrons. The minimum Gasteiger partial charge on any atom is -0.394 e. The predicted molar refractivity (Wildman–Crippen MR) is 76.5 cm³/mol. The number of amides is 1. The summed E-state index contributed by atoms with van der Waals surface area (Å²) in [5.74, 6) is 0.119. The number of halogens is 2. The number of aliphatic hydroxyl groups is 1. The summed E-state index contributed by atoms with van der Waals surface area (Å²) in [4.78, 5) is 12.4. The number of nitrogens with one attached hydrogen (secondary N) is 1. The molecule has 2 N–H and O–H groups in total. The number of rotatable bonds is 6. The molecule has 0 aliphatic rings. The number of hydrogen-bond acceptors (Lipinski definition) is 3. The van der Waals surface area contributed by atoms with E-state index in [9.17, 15) is 4.79 Å². The molecule has 1 atom stereocenters. The van der Waals surface area contributed by atoms with Crippen molar-refractivity contribution < 1.29 is 9.90 Å². The molecule has 0 aliphatic heterocycles. The summed E-state index contributed by atoms with van der Waals surface area (Å²) in [6.07, 6.45) is 0.699. The summed E-state index contributed by atoms with van der Waals surface area (Å²) in [7, 11) is 0. The van der Waals surface area contributed by atoms with Gasteiger partial charge in [-0.25, -0.2) is 0 Å². The van der Waals surface area contributed by atoms with E-state index >= 15 is 0 Å². The molecule has 6 heteroatoms. The van der Waals surface area contributed by atoms with Gasteiger partial charge in [0.1, 0.15) is 0 Å². The van der Waals surface area contributed by atoms with Gasteiger partial charge in [-0.2, -0.15) is 0 Å². The van der Waals surface area contributed by atoms with Gasteiger partial charge in [0.25, 0.3) is 0 Å². The van der Waals surface area contributed by atoms with Crippen LogP contribution < -0.4 is 5.32 Å². The fraction of sp³-hybridized carbons (Fsp3) is 0.417. The van der Waals surface area contributed by atoms with Crippen LogP contribution in [-0.2, 0) is 4.79 Å². The molecule has 1 aromatic rings. The van der Waals surface area contributed by atoms with Gasteiger partial charge in [0.05, 0.1) is 23.4 Å². The average molecular weight is 308 g/mol. The highest BCUT2D eigenvalue weighted by molar-refractivity contribution is 8.00. The van der Waals surface area contributed by atoms with Crippen molar-refractivity contribution in [3.05, 3.63) is 28.2 Å². The molecule has 1 rings (SSSR count). The van der Waals surface area contributed by atoms with Crippen LogP contribution in [0.3, 0.4) is 0 Å². The standard InChI is InChI=1S/C12H15Cl2NO2S/c1-2-9(6-16)15-12(17)7-18-11-5-8(13)3-4-10(11)14/h3-5,9,16H,2,6-7H2,1H3,(H,15,17)/t9-/m1/s1. The maximum Gasteiger partial charge on any atom is 0.230 e. The lowest BCUT2D eigenvalue weighted by Gasteiger charge is -2.13. The van der Waals surface area contributed by atoms with Crippen molar-refractivity contribution in [3.63, 3.8) is 0 Å². The van der Waals surface area contributed by atoms with E-state index in [-0.39, 0.29) is 24.3 Å². The summed E-state index contributed by atoms with van der Waals surface area (Å²) >= 11 is 13.2. The Labute approximate surface area is 121 Å². The van der Waals surface area contributed by atoms with Gasteiger partial charge in [0.15, 0.2) is 0 Å². The van der Waals surface area contributed by atoms with Gasteiger partial charge in [-0.05, 0) is 24.6 Å². The first-order valence-electron chi connectivity index (χ1n) is 5.54. The molecule has 0 unspecified atom stereocenters. The highest BCUT2D eigenvalue weighted by Gasteiger charge is 2.10. The van der Waals surface area contributed by atoms with Crippen LogP contribution in [0.15, 0.2) is 23.1 Å². The lowest BCUT2D eigenvalue weighted by molar-refractivity contribution is -0.119. The molecule has 0 saturated carbocycles. The van der Waals surface area contributed by atoms with Gasteiger partial charge < -0.3 is 10.4 Å². The first kappa shape index (κ1) is 15.6. The molecule has 0 fully saturated rings. The summed E-state index contributed by atoms with van der Waals surface area (Å²) in [5, 5.41) is 12.9. The lowest BCUT2D eigenvalue weighted by Crippen LogP contribution is -2.37. The third-order valence-electron chi connectivity index (χ3n) is 2.33. The zero-order chi connectivity index (χ0) is 13.5. The van der Waals surface area contributed by atoms with Crippen LogP contribution in [0, 0.1) is 0 Å². The second-order valence-corrected chi connectivity index (χ2v) is 5.58. The summed E-state index contributed by atoms with van der Waals surface area (Å²) in [5.41, 5.74) is 0. The molecular formula is C12H15Cl2NO2S. The van der Waals surface area contributed by atoms with Crippen LogP contribution in [0.25, 0.3) is 0 Å². The quantitative estimate of drug-likeness (QED) is 0.794. The van der Waals surface area contributed by atoms with Gasteiger partial charge in [0, 0.05) is 9.92 Å². The van der Waals surface area contributed by atoms with Crippen molar-refractivity contribution in [3.8, 4) is 0 Å². The van der Waals surface area contributed by atoms with Gasteiger partial charge in [-0.15, -0.1) is 11.8 Å². The number of carbonyl (C=O) groups excluding carboxylic acids is 1. The Kier molecular flexibility index (Phi) is 6.86. The number of benzene rings is 1.